The SMILES string of the molecule is N#Cc1ccc(CC[C@H](NC(=O)[C@@H]2CCCN2C(=O)[C@@H](CCCN)NC(=O)CNC(=O)[C@H](CCN)NC(=O)[C@@H](NC(=O)[C@@H](N)CCCCN)[C@@H](O)CN)C(=O)N[C@@H](CCCCN)C(=O)N/C(=C\CCN=C(N)N)C(=O)O)cc1. The lowest BCUT2D eigenvalue weighted by Crippen LogP contribution is -2.61. The fourth-order valence-corrected chi connectivity index (χ4v) is 8.13. The second-order valence-corrected chi connectivity index (χ2v) is 18.5. The highest BCUT2D eigenvalue weighted by Crippen LogP contribution is 2.21. The summed E-state index contributed by atoms with van der Waals surface area (Å²) in [5.41, 5.74) is 45.6. The molecule has 0 saturated carbocycles. The number of nitriles is 1. The van der Waals surface area contributed by atoms with Crippen molar-refractivity contribution in [3.63, 3.8) is 0 Å². The van der Waals surface area contributed by atoms with E-state index in [9.17, 15) is 58.6 Å². The lowest BCUT2D eigenvalue weighted by molar-refractivity contribution is -0.142. The van der Waals surface area contributed by atoms with Crippen LogP contribution < -0.4 is 83.1 Å². The summed E-state index contributed by atoms with van der Waals surface area (Å²) < 4.78 is 0. The van der Waals surface area contributed by atoms with Crippen molar-refractivity contribution in [3.05, 3.63) is 47.2 Å². The van der Waals surface area contributed by atoms with E-state index in [1.54, 1.807) is 24.3 Å². The van der Waals surface area contributed by atoms with E-state index in [2.05, 4.69) is 42.2 Å². The molecule has 1 aromatic carbocycles. The van der Waals surface area contributed by atoms with Crippen molar-refractivity contribution < 1.29 is 53.4 Å². The zero-order chi connectivity index (χ0) is 58.2. The van der Waals surface area contributed by atoms with E-state index in [-0.39, 0.29) is 96.5 Å². The first-order chi connectivity index (χ1) is 37.2. The summed E-state index contributed by atoms with van der Waals surface area (Å²) in [6, 6.07) is -0.425. The molecule has 1 fully saturated rings. The molecule has 1 aromatic rings. The van der Waals surface area contributed by atoms with Crippen LogP contribution in [0.15, 0.2) is 41.0 Å². The Kier molecular flexibility index (Phi) is 31.4. The number of carboxylic acid groups (broad SMARTS) is 1. The minimum atomic E-state index is -1.61. The number of unbranched alkanes of at least 4 members (excludes halogenated alkanes) is 2. The fraction of sp³-hybridized carbons (Fsp3) is 0.612. The number of likely N-dealkylation sites (tertiary alicyclic amines) is 1. The van der Waals surface area contributed by atoms with Gasteiger partial charge in [-0.1, -0.05) is 24.6 Å². The van der Waals surface area contributed by atoms with Gasteiger partial charge in [-0.15, -0.1) is 0 Å². The predicted octanol–water partition coefficient (Wildman–Crippen LogP) is -6.24. The zero-order valence-electron chi connectivity index (χ0n) is 44.1. The molecule has 29 nitrogen and oxygen atoms in total. The highest BCUT2D eigenvalue weighted by molar-refractivity contribution is 5.99. The molecule has 0 unspecified atom stereocenters. The number of hydrogen-bond donors (Lipinski definition) is 17. The van der Waals surface area contributed by atoms with Crippen LogP contribution in [0.1, 0.15) is 94.6 Å². The molecule has 0 radical (unpaired) electrons. The van der Waals surface area contributed by atoms with Gasteiger partial charge in [0.2, 0.25) is 47.3 Å². The number of aliphatic carboxylic acids is 1. The van der Waals surface area contributed by atoms with Crippen molar-refractivity contribution in [2.75, 3.05) is 52.4 Å². The number of aryl methyl sites for hydroxylation is 1. The fourth-order valence-electron chi connectivity index (χ4n) is 8.13. The van der Waals surface area contributed by atoms with E-state index in [4.69, 9.17) is 45.9 Å². The number of aliphatic hydroxyl groups excluding tert-OH is 1. The molecule has 0 aliphatic carbocycles. The number of nitrogens with one attached hydrogen (secondary N) is 7. The summed E-state index contributed by atoms with van der Waals surface area (Å²) >= 11 is 0. The largest absolute Gasteiger partial charge is 0.477 e. The maximum Gasteiger partial charge on any atom is 0.352 e. The number of aliphatic imine (C=N–C) groups is 1. The average Bonchev–Trinajstić information content (AvgIpc) is 3.92. The van der Waals surface area contributed by atoms with Gasteiger partial charge in [0.1, 0.15) is 41.9 Å². The van der Waals surface area contributed by atoms with Crippen LogP contribution in [0.25, 0.3) is 0 Å². The lowest BCUT2D eigenvalue weighted by Gasteiger charge is -2.30. The Labute approximate surface area is 453 Å². The third-order valence-electron chi connectivity index (χ3n) is 12.5. The van der Waals surface area contributed by atoms with Crippen LogP contribution in [0.3, 0.4) is 0 Å². The molecule has 2 rings (SSSR count). The monoisotopic (exact) mass is 1100 g/mol. The van der Waals surface area contributed by atoms with Crippen LogP contribution in [0.5, 0.6) is 0 Å². The standard InChI is InChI=1S/C49H82N18O11/c50-20-3-1-8-31(56)41(70)66-40(38(68)27-55)46(75)64-34(19-23-53)42(71)60-28-39(69)61-35(10-5-22-52)47(76)67-25-7-12-37(67)45(74)63-33(18-17-29-13-15-30(26-54)16-14-29)44(73)62-32(9-2-4-21-51)43(72)65-36(48(77)78)11-6-24-59-49(57)58/h11,13-16,31-35,37-38,40,68H,1-10,12,17-25,27-28,50-53,55-56H2,(H,60,71)(H,61,69)(H,62,73)(H,63,74)(H,64,75)(H,65,72)(H,66,70)(H,77,78)(H4,57,58,59)/b36-11-/t31-,32-,33-,34-,35+,37-,38-,40-/m0/s1. The third-order valence-corrected chi connectivity index (χ3v) is 12.5. The molecule has 29 heteroatoms. The Morgan fingerprint density at radius 1 is 0.718 bits per heavy atom. The Morgan fingerprint density at radius 2 is 1.33 bits per heavy atom. The first-order valence-corrected chi connectivity index (χ1v) is 26.1. The summed E-state index contributed by atoms with van der Waals surface area (Å²) in [7, 11) is 0. The quantitative estimate of drug-likeness (QED) is 0.0128. The number of hydrogen-bond acceptors (Lipinski definition) is 18. The average molecular weight is 1100 g/mol. The highest BCUT2D eigenvalue weighted by atomic mass is 16.4. The van der Waals surface area contributed by atoms with E-state index in [0.29, 0.717) is 49.8 Å². The van der Waals surface area contributed by atoms with Gasteiger partial charge in [0.15, 0.2) is 5.96 Å². The normalized spacial score (nSPS) is 15.8. The molecule has 0 bridgehead atoms. The van der Waals surface area contributed by atoms with Gasteiger partial charge in [0.05, 0.1) is 30.3 Å². The molecule has 8 atom stereocenters. The van der Waals surface area contributed by atoms with E-state index in [1.165, 1.54) is 11.0 Å². The van der Waals surface area contributed by atoms with E-state index in [1.807, 2.05) is 6.07 Å². The van der Waals surface area contributed by atoms with Crippen LogP contribution in [-0.2, 0) is 49.6 Å². The number of carbonyl (C=O) groups is 9. The minimum Gasteiger partial charge on any atom is -0.477 e. The molecular weight excluding hydrogens is 1020 g/mol. The Morgan fingerprint density at radius 3 is 1.94 bits per heavy atom. The Bertz CT molecular complexity index is 2240. The molecular formula is C49H82N18O11. The highest BCUT2D eigenvalue weighted by Gasteiger charge is 2.40. The molecule has 0 aromatic heterocycles. The number of amides is 8. The number of carbonyl (C=O) groups excluding carboxylic acids is 8. The van der Waals surface area contributed by atoms with Gasteiger partial charge in [-0.3, -0.25) is 43.3 Å². The van der Waals surface area contributed by atoms with Gasteiger partial charge in [-0.05, 0) is 127 Å². The summed E-state index contributed by atoms with van der Waals surface area (Å²) in [5, 5.41) is 47.2. The predicted molar refractivity (Wildman–Crippen MR) is 287 cm³/mol. The molecule has 25 N–H and O–H groups in total. The van der Waals surface area contributed by atoms with Crippen molar-refractivity contribution in [2.45, 2.75) is 138 Å². The number of nitrogens with two attached hydrogens (primary N) is 8. The van der Waals surface area contributed by atoms with Crippen LogP contribution in [0.4, 0.5) is 0 Å². The Balaban J connectivity index is 2.32. The summed E-state index contributed by atoms with van der Waals surface area (Å²) in [4.78, 5) is 127. The van der Waals surface area contributed by atoms with Crippen molar-refractivity contribution in [1.29, 1.82) is 5.26 Å². The molecule has 1 heterocycles. The van der Waals surface area contributed by atoms with Crippen molar-refractivity contribution in [1.82, 2.24) is 42.1 Å². The number of aliphatic hydroxyl groups is 1. The molecule has 1 aliphatic heterocycles. The second kappa shape index (κ2) is 36.7. The smallest absolute Gasteiger partial charge is 0.352 e. The Hall–Kier alpha value is -7.33. The topological polar surface area (TPSA) is 526 Å². The first kappa shape index (κ1) is 66.8. The van der Waals surface area contributed by atoms with Crippen molar-refractivity contribution in [3.8, 4) is 6.07 Å². The molecule has 8 amide bonds. The molecule has 1 saturated heterocycles. The minimum absolute atomic E-state index is 0.0250. The zero-order valence-corrected chi connectivity index (χ0v) is 44.1. The number of rotatable bonds is 37. The molecule has 78 heavy (non-hydrogen) atoms. The van der Waals surface area contributed by atoms with Crippen molar-refractivity contribution >= 4 is 59.2 Å². The van der Waals surface area contributed by atoms with Crippen LogP contribution in [0.2, 0.25) is 0 Å². The summed E-state index contributed by atoms with van der Waals surface area (Å²) in [6.07, 6.45) is 2.76. The van der Waals surface area contributed by atoms with Crippen LogP contribution in [0, 0.1) is 11.3 Å². The molecule has 434 valence electrons. The van der Waals surface area contributed by atoms with E-state index < -0.39 is 120 Å². The molecule has 0 spiro atoms. The number of benzene rings is 1. The van der Waals surface area contributed by atoms with Gasteiger partial charge in [0.25, 0.3) is 0 Å². The van der Waals surface area contributed by atoms with Crippen LogP contribution >= 0.6 is 0 Å². The maximum atomic E-state index is 14.3. The number of nitrogens with zero attached hydrogens (tertiary/aromatic N) is 3. The summed E-state index contributed by atoms with van der Waals surface area (Å²) in [6.45, 7) is -0.358. The summed E-state index contributed by atoms with van der Waals surface area (Å²) in [5.74, 6) is -8.14. The number of carboxylic acids is 1. The van der Waals surface area contributed by atoms with E-state index in [0.717, 1.165) is 0 Å². The van der Waals surface area contributed by atoms with Gasteiger partial charge in [-0.2, -0.15) is 5.26 Å². The maximum absolute atomic E-state index is 14.3. The lowest BCUT2D eigenvalue weighted by atomic mass is 10.0. The van der Waals surface area contributed by atoms with Gasteiger partial charge in [-0.25, -0.2) is 4.79 Å². The van der Waals surface area contributed by atoms with Crippen molar-refractivity contribution in [2.24, 2.45) is 50.9 Å². The van der Waals surface area contributed by atoms with Gasteiger partial charge >= 0.3 is 5.97 Å². The number of guanidine groups is 1. The van der Waals surface area contributed by atoms with Gasteiger partial charge < -0.3 is 98.2 Å². The van der Waals surface area contributed by atoms with Crippen LogP contribution in [-0.4, -0.2) is 175 Å². The van der Waals surface area contributed by atoms with E-state index >= 15 is 0 Å². The second-order valence-electron chi connectivity index (χ2n) is 18.5. The first-order valence-electron chi connectivity index (χ1n) is 26.1. The van der Waals surface area contributed by atoms with Gasteiger partial charge in [0, 0.05) is 19.6 Å². The molecule has 1 aliphatic rings. The third kappa shape index (κ3) is 23.9.